The Hall–Kier alpha value is -1.56. The summed E-state index contributed by atoms with van der Waals surface area (Å²) in [6, 6.07) is 2.07. The van der Waals surface area contributed by atoms with Crippen molar-refractivity contribution in [2.75, 3.05) is 17.6 Å². The zero-order valence-electron chi connectivity index (χ0n) is 10.9. The minimum atomic E-state index is 0.672. The average Bonchev–Trinajstić information content (AvgIpc) is 3.20. The molecule has 5 nitrogen and oxygen atoms in total. The van der Waals surface area contributed by atoms with Gasteiger partial charge in [-0.1, -0.05) is 11.8 Å². The number of aromatic nitrogens is 4. The standard InChI is InChI=1S/C13H17N5S/c1-18-6-4-15-13(18)19-7-5-14-12-8-11(10-2-3-10)16-9-17-12/h4,6,8-10H,2-3,5,7H2,1H3,(H,14,16,17). The van der Waals surface area contributed by atoms with Crippen molar-refractivity contribution in [2.45, 2.75) is 23.9 Å². The molecule has 1 saturated carbocycles. The number of hydrogen-bond donors (Lipinski definition) is 1. The third kappa shape index (κ3) is 3.26. The van der Waals surface area contributed by atoms with Crippen molar-refractivity contribution in [3.05, 3.63) is 30.5 Å². The van der Waals surface area contributed by atoms with Gasteiger partial charge in [-0.15, -0.1) is 0 Å². The highest BCUT2D eigenvalue weighted by Gasteiger charge is 2.25. The molecule has 0 bridgehead atoms. The summed E-state index contributed by atoms with van der Waals surface area (Å²) in [5.41, 5.74) is 1.18. The van der Waals surface area contributed by atoms with Crippen molar-refractivity contribution >= 4 is 17.6 Å². The van der Waals surface area contributed by atoms with Gasteiger partial charge in [0.25, 0.3) is 0 Å². The topological polar surface area (TPSA) is 55.6 Å². The molecule has 0 saturated heterocycles. The molecule has 2 aromatic heterocycles. The normalized spacial score (nSPS) is 14.6. The third-order valence-corrected chi connectivity index (χ3v) is 4.16. The Morgan fingerprint density at radius 3 is 3.00 bits per heavy atom. The van der Waals surface area contributed by atoms with Gasteiger partial charge in [0.2, 0.25) is 0 Å². The molecular formula is C13H17N5S. The summed E-state index contributed by atoms with van der Waals surface area (Å²) in [5.74, 6) is 2.57. The number of nitrogens with zero attached hydrogens (tertiary/aromatic N) is 4. The van der Waals surface area contributed by atoms with Gasteiger partial charge in [-0.05, 0) is 12.8 Å². The van der Waals surface area contributed by atoms with E-state index in [-0.39, 0.29) is 0 Å². The van der Waals surface area contributed by atoms with Crippen molar-refractivity contribution in [3.63, 3.8) is 0 Å². The number of rotatable bonds is 6. The number of anilines is 1. The van der Waals surface area contributed by atoms with E-state index in [1.807, 2.05) is 24.0 Å². The Bertz CT molecular complexity index is 549. The number of thioether (sulfide) groups is 1. The van der Waals surface area contributed by atoms with Crippen molar-refractivity contribution in [2.24, 2.45) is 7.05 Å². The van der Waals surface area contributed by atoms with Gasteiger partial charge in [0, 0.05) is 49.4 Å². The molecule has 1 fully saturated rings. The first kappa shape index (κ1) is 12.5. The highest BCUT2D eigenvalue weighted by atomic mass is 32.2. The van der Waals surface area contributed by atoms with E-state index in [1.54, 1.807) is 18.1 Å². The summed E-state index contributed by atoms with van der Waals surface area (Å²) < 4.78 is 2.03. The van der Waals surface area contributed by atoms with E-state index in [0.717, 1.165) is 23.3 Å². The second-order valence-corrected chi connectivity index (χ2v) is 5.76. The SMILES string of the molecule is Cn1ccnc1SCCNc1cc(C2CC2)ncn1. The second-order valence-electron chi connectivity index (χ2n) is 4.70. The van der Waals surface area contributed by atoms with Crippen molar-refractivity contribution in [3.8, 4) is 0 Å². The van der Waals surface area contributed by atoms with Crippen LogP contribution in [0.2, 0.25) is 0 Å². The van der Waals surface area contributed by atoms with Gasteiger partial charge in [0.15, 0.2) is 5.16 Å². The number of hydrogen-bond acceptors (Lipinski definition) is 5. The summed E-state index contributed by atoms with van der Waals surface area (Å²) in [6.45, 7) is 0.874. The maximum absolute atomic E-state index is 4.31. The maximum atomic E-state index is 4.31. The molecule has 100 valence electrons. The first-order chi connectivity index (χ1) is 9.33. The van der Waals surface area contributed by atoms with Crippen LogP contribution < -0.4 is 5.32 Å². The number of imidazole rings is 1. The highest BCUT2D eigenvalue weighted by Crippen LogP contribution is 2.39. The Labute approximate surface area is 116 Å². The number of aryl methyl sites for hydroxylation is 1. The van der Waals surface area contributed by atoms with E-state index in [0.29, 0.717) is 5.92 Å². The van der Waals surface area contributed by atoms with E-state index >= 15 is 0 Å². The van der Waals surface area contributed by atoms with E-state index < -0.39 is 0 Å². The molecule has 0 amide bonds. The van der Waals surface area contributed by atoms with Crippen LogP contribution in [-0.2, 0) is 7.05 Å². The number of nitrogens with one attached hydrogen (secondary N) is 1. The molecule has 0 unspecified atom stereocenters. The fourth-order valence-corrected chi connectivity index (χ4v) is 2.67. The Kier molecular flexibility index (Phi) is 3.68. The third-order valence-electron chi connectivity index (χ3n) is 3.10. The van der Waals surface area contributed by atoms with Crippen molar-refractivity contribution < 1.29 is 0 Å². The van der Waals surface area contributed by atoms with Crippen LogP contribution in [0, 0.1) is 0 Å². The Morgan fingerprint density at radius 2 is 2.26 bits per heavy atom. The van der Waals surface area contributed by atoms with Crippen molar-refractivity contribution in [1.82, 2.24) is 19.5 Å². The van der Waals surface area contributed by atoms with E-state index in [4.69, 9.17) is 0 Å². The van der Waals surface area contributed by atoms with Crippen LogP contribution in [0.15, 0.2) is 29.9 Å². The molecule has 1 aliphatic rings. The second kappa shape index (κ2) is 5.61. The first-order valence-corrected chi connectivity index (χ1v) is 7.47. The van der Waals surface area contributed by atoms with E-state index in [9.17, 15) is 0 Å². The minimum Gasteiger partial charge on any atom is -0.369 e. The molecule has 0 atom stereocenters. The molecule has 0 aromatic carbocycles. The predicted octanol–water partition coefficient (Wildman–Crippen LogP) is 2.29. The van der Waals surface area contributed by atoms with Crippen LogP contribution in [0.5, 0.6) is 0 Å². The van der Waals surface area contributed by atoms with Gasteiger partial charge in [-0.25, -0.2) is 15.0 Å². The summed E-state index contributed by atoms with van der Waals surface area (Å²) in [4.78, 5) is 12.8. The quantitative estimate of drug-likeness (QED) is 0.647. The summed E-state index contributed by atoms with van der Waals surface area (Å²) in [6.07, 6.45) is 7.98. The van der Waals surface area contributed by atoms with Gasteiger partial charge >= 0.3 is 0 Å². The summed E-state index contributed by atoms with van der Waals surface area (Å²) in [5, 5.41) is 4.39. The first-order valence-electron chi connectivity index (χ1n) is 6.49. The molecule has 2 heterocycles. The van der Waals surface area contributed by atoms with Crippen LogP contribution in [0.1, 0.15) is 24.5 Å². The molecular weight excluding hydrogens is 258 g/mol. The predicted molar refractivity (Wildman–Crippen MR) is 76.4 cm³/mol. The lowest BCUT2D eigenvalue weighted by molar-refractivity contribution is 0.790. The smallest absolute Gasteiger partial charge is 0.167 e. The van der Waals surface area contributed by atoms with Gasteiger partial charge in [-0.3, -0.25) is 0 Å². The Morgan fingerprint density at radius 1 is 1.37 bits per heavy atom. The lowest BCUT2D eigenvalue weighted by Gasteiger charge is -2.06. The van der Waals surface area contributed by atoms with Crippen molar-refractivity contribution in [1.29, 1.82) is 0 Å². The average molecular weight is 275 g/mol. The molecule has 2 aromatic rings. The molecule has 0 aliphatic heterocycles. The molecule has 1 aliphatic carbocycles. The Balaban J connectivity index is 1.47. The highest BCUT2D eigenvalue weighted by molar-refractivity contribution is 7.99. The molecule has 0 spiro atoms. The molecule has 3 rings (SSSR count). The minimum absolute atomic E-state index is 0.672. The largest absolute Gasteiger partial charge is 0.369 e. The van der Waals surface area contributed by atoms with E-state index in [1.165, 1.54) is 18.5 Å². The maximum Gasteiger partial charge on any atom is 0.167 e. The van der Waals surface area contributed by atoms with Crippen LogP contribution in [0.3, 0.4) is 0 Å². The molecule has 19 heavy (non-hydrogen) atoms. The van der Waals surface area contributed by atoms with E-state index in [2.05, 4.69) is 26.3 Å². The fourth-order valence-electron chi connectivity index (χ4n) is 1.88. The molecule has 0 radical (unpaired) electrons. The van der Waals surface area contributed by atoms with Crippen LogP contribution in [0.4, 0.5) is 5.82 Å². The van der Waals surface area contributed by atoms with Crippen LogP contribution in [-0.4, -0.2) is 31.8 Å². The van der Waals surface area contributed by atoms with Gasteiger partial charge in [-0.2, -0.15) is 0 Å². The zero-order valence-corrected chi connectivity index (χ0v) is 11.7. The summed E-state index contributed by atoms with van der Waals surface area (Å²) in [7, 11) is 2.01. The van der Waals surface area contributed by atoms with Gasteiger partial charge in [0.05, 0.1) is 0 Å². The zero-order chi connectivity index (χ0) is 13.1. The molecule has 1 N–H and O–H groups in total. The molecule has 6 heteroatoms. The van der Waals surface area contributed by atoms with Gasteiger partial charge in [0.1, 0.15) is 12.1 Å². The van der Waals surface area contributed by atoms with Gasteiger partial charge < -0.3 is 9.88 Å². The lowest BCUT2D eigenvalue weighted by atomic mass is 10.3. The van der Waals surface area contributed by atoms with Crippen LogP contribution in [0.25, 0.3) is 0 Å². The lowest BCUT2D eigenvalue weighted by Crippen LogP contribution is -2.07. The monoisotopic (exact) mass is 275 g/mol. The summed E-state index contributed by atoms with van der Waals surface area (Å²) >= 11 is 1.74. The van der Waals surface area contributed by atoms with Crippen LogP contribution >= 0.6 is 11.8 Å². The fraction of sp³-hybridized carbons (Fsp3) is 0.462.